The molecule has 3 rings (SSSR count). The summed E-state index contributed by atoms with van der Waals surface area (Å²) in [5.74, 6) is 0.794. The molecule has 0 unspecified atom stereocenters. The fourth-order valence-corrected chi connectivity index (χ4v) is 3.32. The molecule has 0 heterocycles. The molecule has 2 aliphatic rings. The Hall–Kier alpha value is -1.84. The number of aryl methyl sites for hydroxylation is 1. The Morgan fingerprint density at radius 3 is 2.76 bits per heavy atom. The van der Waals surface area contributed by atoms with Gasteiger partial charge in [-0.15, -0.1) is 0 Å². The van der Waals surface area contributed by atoms with Crippen LogP contribution >= 0.6 is 0 Å². The molecule has 4 nitrogen and oxygen atoms in total. The van der Waals surface area contributed by atoms with E-state index in [2.05, 4.69) is 10.6 Å². The number of benzene rings is 1. The first-order chi connectivity index (χ1) is 10.2. The molecule has 0 atom stereocenters. The van der Waals surface area contributed by atoms with Gasteiger partial charge in [0.1, 0.15) is 0 Å². The second-order valence-corrected chi connectivity index (χ2v) is 6.13. The van der Waals surface area contributed by atoms with Gasteiger partial charge < -0.3 is 10.6 Å². The number of carbonyl (C=O) groups is 2. The Morgan fingerprint density at radius 2 is 1.95 bits per heavy atom. The Bertz CT molecular complexity index is 548. The van der Waals surface area contributed by atoms with Crippen LogP contribution in [0, 0.1) is 5.92 Å². The van der Waals surface area contributed by atoms with Gasteiger partial charge in [-0.25, -0.2) is 4.79 Å². The van der Waals surface area contributed by atoms with Crippen LogP contribution in [0.25, 0.3) is 0 Å². The maximum absolute atomic E-state index is 11.9. The third kappa shape index (κ3) is 3.43. The van der Waals surface area contributed by atoms with Gasteiger partial charge in [0, 0.05) is 24.2 Å². The molecule has 2 amide bonds. The summed E-state index contributed by atoms with van der Waals surface area (Å²) in [5.41, 5.74) is 2.55. The minimum absolute atomic E-state index is 0.175. The first-order valence-electron chi connectivity index (χ1n) is 7.93. The minimum atomic E-state index is -0.175. The number of nitrogens with one attached hydrogen (secondary N) is 2. The molecular weight excluding hydrogens is 264 g/mol. The van der Waals surface area contributed by atoms with E-state index in [9.17, 15) is 9.59 Å². The smallest absolute Gasteiger partial charge is 0.319 e. The zero-order valence-electron chi connectivity index (χ0n) is 12.3. The van der Waals surface area contributed by atoms with Crippen LogP contribution in [0.3, 0.4) is 0 Å². The highest BCUT2D eigenvalue weighted by Crippen LogP contribution is 2.25. The number of rotatable bonds is 3. The van der Waals surface area contributed by atoms with Gasteiger partial charge in [-0.1, -0.05) is 25.3 Å². The largest absolute Gasteiger partial charge is 0.338 e. The standard InChI is InChI=1S/C17H22N2O2/c20-16-9-7-13-6-8-14(10-15(13)16)19-17(21)18-11-12-4-2-1-3-5-12/h6,8,10,12H,1-5,7,9,11H2,(H2,18,19,21). The van der Waals surface area contributed by atoms with Gasteiger partial charge in [-0.2, -0.15) is 0 Å². The predicted molar refractivity (Wildman–Crippen MR) is 82.7 cm³/mol. The second kappa shape index (κ2) is 6.29. The van der Waals surface area contributed by atoms with Crippen LogP contribution in [-0.2, 0) is 6.42 Å². The van der Waals surface area contributed by atoms with E-state index in [0.717, 1.165) is 24.1 Å². The molecule has 0 bridgehead atoms. The van der Waals surface area contributed by atoms with Gasteiger partial charge in [-0.05, 0) is 42.9 Å². The quantitative estimate of drug-likeness (QED) is 0.893. The minimum Gasteiger partial charge on any atom is -0.338 e. The highest BCUT2D eigenvalue weighted by Gasteiger charge is 2.20. The lowest BCUT2D eigenvalue weighted by atomic mass is 9.89. The van der Waals surface area contributed by atoms with Crippen LogP contribution in [0.1, 0.15) is 54.4 Å². The molecule has 0 spiro atoms. The van der Waals surface area contributed by atoms with Crippen molar-refractivity contribution in [2.45, 2.75) is 44.9 Å². The Morgan fingerprint density at radius 1 is 1.14 bits per heavy atom. The van der Waals surface area contributed by atoms with Crippen molar-refractivity contribution < 1.29 is 9.59 Å². The molecule has 1 fully saturated rings. The molecule has 4 heteroatoms. The molecule has 2 N–H and O–H groups in total. The normalized spacial score (nSPS) is 18.4. The van der Waals surface area contributed by atoms with Crippen molar-refractivity contribution in [1.82, 2.24) is 5.32 Å². The topological polar surface area (TPSA) is 58.2 Å². The number of anilines is 1. The Balaban J connectivity index is 1.53. The molecule has 1 aromatic carbocycles. The third-order valence-corrected chi connectivity index (χ3v) is 4.57. The lowest BCUT2D eigenvalue weighted by Crippen LogP contribution is -2.33. The van der Waals surface area contributed by atoms with E-state index >= 15 is 0 Å². The van der Waals surface area contributed by atoms with Crippen LogP contribution in [-0.4, -0.2) is 18.4 Å². The monoisotopic (exact) mass is 286 g/mol. The summed E-state index contributed by atoms with van der Waals surface area (Å²) < 4.78 is 0. The van der Waals surface area contributed by atoms with Gasteiger partial charge in [0.15, 0.2) is 5.78 Å². The van der Waals surface area contributed by atoms with Crippen LogP contribution in [0.2, 0.25) is 0 Å². The van der Waals surface area contributed by atoms with Gasteiger partial charge in [0.05, 0.1) is 0 Å². The summed E-state index contributed by atoms with van der Waals surface area (Å²) in [6.07, 6.45) is 7.73. The maximum Gasteiger partial charge on any atom is 0.319 e. The molecule has 0 saturated heterocycles. The second-order valence-electron chi connectivity index (χ2n) is 6.13. The van der Waals surface area contributed by atoms with E-state index in [4.69, 9.17) is 0 Å². The molecule has 21 heavy (non-hydrogen) atoms. The molecule has 1 aromatic rings. The molecule has 112 valence electrons. The van der Waals surface area contributed by atoms with Crippen LogP contribution in [0.4, 0.5) is 10.5 Å². The molecule has 0 aliphatic heterocycles. The van der Waals surface area contributed by atoms with E-state index in [-0.39, 0.29) is 11.8 Å². The molecule has 0 radical (unpaired) electrons. The average Bonchev–Trinajstić information content (AvgIpc) is 2.87. The van der Waals surface area contributed by atoms with E-state index < -0.39 is 0 Å². The van der Waals surface area contributed by atoms with E-state index in [1.54, 1.807) is 6.07 Å². The van der Waals surface area contributed by atoms with Crippen molar-refractivity contribution in [1.29, 1.82) is 0 Å². The fraction of sp³-hybridized carbons (Fsp3) is 0.529. The summed E-state index contributed by atoms with van der Waals surface area (Å²) in [6, 6.07) is 5.44. The lowest BCUT2D eigenvalue weighted by molar-refractivity contribution is 0.0994. The van der Waals surface area contributed by atoms with Crippen LogP contribution in [0.15, 0.2) is 18.2 Å². The molecule has 0 aromatic heterocycles. The Kier molecular flexibility index (Phi) is 4.23. The lowest BCUT2D eigenvalue weighted by Gasteiger charge is -2.21. The van der Waals surface area contributed by atoms with Crippen molar-refractivity contribution in [3.63, 3.8) is 0 Å². The summed E-state index contributed by atoms with van der Waals surface area (Å²) in [4.78, 5) is 23.6. The fourth-order valence-electron chi connectivity index (χ4n) is 3.32. The number of hydrogen-bond acceptors (Lipinski definition) is 2. The zero-order chi connectivity index (χ0) is 14.7. The number of urea groups is 1. The van der Waals surface area contributed by atoms with Crippen molar-refractivity contribution >= 4 is 17.5 Å². The van der Waals surface area contributed by atoms with Crippen molar-refractivity contribution in [3.8, 4) is 0 Å². The molecular formula is C17H22N2O2. The van der Waals surface area contributed by atoms with E-state index in [1.807, 2.05) is 12.1 Å². The zero-order valence-corrected chi connectivity index (χ0v) is 12.3. The highest BCUT2D eigenvalue weighted by atomic mass is 16.2. The average molecular weight is 286 g/mol. The van der Waals surface area contributed by atoms with E-state index in [1.165, 1.54) is 32.1 Å². The Labute approximate surface area is 125 Å². The van der Waals surface area contributed by atoms with Crippen molar-refractivity contribution in [3.05, 3.63) is 29.3 Å². The van der Waals surface area contributed by atoms with Crippen molar-refractivity contribution in [2.75, 3.05) is 11.9 Å². The molecule has 1 saturated carbocycles. The maximum atomic E-state index is 11.9. The highest BCUT2D eigenvalue weighted by molar-refractivity contribution is 6.02. The summed E-state index contributed by atoms with van der Waals surface area (Å²) in [7, 11) is 0. The van der Waals surface area contributed by atoms with Crippen LogP contribution in [0.5, 0.6) is 0 Å². The van der Waals surface area contributed by atoms with Gasteiger partial charge in [0.2, 0.25) is 0 Å². The SMILES string of the molecule is O=C(NCC1CCCCC1)Nc1ccc2c(c1)C(=O)CC2. The predicted octanol–water partition coefficient (Wildman–Crippen LogP) is 3.52. The summed E-state index contributed by atoms with van der Waals surface area (Å²) in [5, 5.41) is 5.77. The first kappa shape index (κ1) is 14.1. The number of amides is 2. The number of fused-ring (bicyclic) bond motifs is 1. The van der Waals surface area contributed by atoms with Crippen LogP contribution < -0.4 is 10.6 Å². The third-order valence-electron chi connectivity index (χ3n) is 4.57. The molecule has 2 aliphatic carbocycles. The van der Waals surface area contributed by atoms with Gasteiger partial charge in [-0.3, -0.25) is 4.79 Å². The number of ketones is 1. The van der Waals surface area contributed by atoms with Gasteiger partial charge in [0.25, 0.3) is 0 Å². The van der Waals surface area contributed by atoms with E-state index in [0.29, 0.717) is 18.0 Å². The number of hydrogen-bond donors (Lipinski definition) is 2. The summed E-state index contributed by atoms with van der Waals surface area (Å²) >= 11 is 0. The first-order valence-corrected chi connectivity index (χ1v) is 7.93. The van der Waals surface area contributed by atoms with Crippen molar-refractivity contribution in [2.24, 2.45) is 5.92 Å². The number of Topliss-reactive ketones (excluding diaryl/α,β-unsaturated/α-hetero) is 1. The summed E-state index contributed by atoms with van der Waals surface area (Å²) in [6.45, 7) is 0.746. The van der Waals surface area contributed by atoms with Gasteiger partial charge >= 0.3 is 6.03 Å². The number of carbonyl (C=O) groups excluding carboxylic acids is 2.